The molecule has 4 heteroatoms. The van der Waals surface area contributed by atoms with Crippen molar-refractivity contribution in [1.29, 1.82) is 0 Å². The molecule has 0 saturated carbocycles. The Balaban J connectivity index is 1.37. The molecule has 1 saturated heterocycles. The van der Waals surface area contributed by atoms with Gasteiger partial charge in [0, 0.05) is 30.9 Å². The third-order valence-electron chi connectivity index (χ3n) is 6.04. The van der Waals surface area contributed by atoms with E-state index in [1.54, 1.807) is 28.8 Å². The van der Waals surface area contributed by atoms with Crippen molar-refractivity contribution in [3.8, 4) is 0 Å². The molecule has 0 unspecified atom stereocenters. The number of nitro benzene ring substituents is 1. The predicted octanol–water partition coefficient (Wildman–Crippen LogP) is 4.93. The van der Waals surface area contributed by atoms with E-state index >= 15 is 0 Å². The van der Waals surface area contributed by atoms with Crippen LogP contribution in [0.1, 0.15) is 42.4 Å². The van der Waals surface area contributed by atoms with Crippen LogP contribution in [0.3, 0.4) is 0 Å². The summed E-state index contributed by atoms with van der Waals surface area (Å²) in [6.07, 6.45) is 8.78. The average Bonchev–Trinajstić information content (AvgIpc) is 2.69. The highest BCUT2D eigenvalue weighted by molar-refractivity contribution is 5.51. The molecule has 0 amide bonds. The molecule has 26 heavy (non-hydrogen) atoms. The number of nitrogens with zero attached hydrogens (tertiary/aromatic N) is 2. The molecule has 0 atom stereocenters. The summed E-state index contributed by atoms with van der Waals surface area (Å²) in [5, 5.41) is 10.8. The van der Waals surface area contributed by atoms with Gasteiger partial charge in [0.15, 0.2) is 0 Å². The van der Waals surface area contributed by atoms with Gasteiger partial charge >= 0.3 is 0 Å². The zero-order valence-corrected chi connectivity index (χ0v) is 15.2. The average molecular weight is 350 g/mol. The molecule has 1 heterocycles. The number of hydrogen-bond acceptors (Lipinski definition) is 3. The molecule has 0 N–H and O–H groups in total. The van der Waals surface area contributed by atoms with Gasteiger partial charge in [-0.1, -0.05) is 18.2 Å². The summed E-state index contributed by atoms with van der Waals surface area (Å²) in [6.45, 7) is 2.08. The van der Waals surface area contributed by atoms with Crippen LogP contribution in [0.2, 0.25) is 0 Å². The second kappa shape index (κ2) is 7.48. The molecular weight excluding hydrogens is 324 g/mol. The number of fused-ring (bicyclic) bond motifs is 1. The standard InChI is InChI=1S/C22H26N2O2/c25-24(26)21-10-8-20(9-11-21)23-14-12-17(13-15-23)16-19-6-3-5-18-4-1-2-7-22(18)19/h3,5-6,8-11,17H,1-2,4,7,12-16H2. The summed E-state index contributed by atoms with van der Waals surface area (Å²) < 4.78 is 0. The van der Waals surface area contributed by atoms with E-state index in [1.165, 1.54) is 44.9 Å². The second-order valence-corrected chi connectivity index (χ2v) is 7.67. The smallest absolute Gasteiger partial charge is 0.269 e. The summed E-state index contributed by atoms with van der Waals surface area (Å²) in [4.78, 5) is 12.8. The minimum Gasteiger partial charge on any atom is -0.372 e. The van der Waals surface area contributed by atoms with E-state index in [0.29, 0.717) is 0 Å². The molecule has 136 valence electrons. The molecule has 2 aliphatic rings. The SMILES string of the molecule is O=[N+]([O-])c1ccc(N2CCC(Cc3cccc4c3CCCC4)CC2)cc1. The molecule has 1 fully saturated rings. The van der Waals surface area contributed by atoms with Crippen LogP contribution in [-0.2, 0) is 19.3 Å². The zero-order chi connectivity index (χ0) is 17.9. The minimum absolute atomic E-state index is 0.164. The highest BCUT2D eigenvalue weighted by Gasteiger charge is 2.22. The van der Waals surface area contributed by atoms with Crippen molar-refractivity contribution in [2.45, 2.75) is 44.9 Å². The molecule has 0 radical (unpaired) electrons. The van der Waals surface area contributed by atoms with Crippen LogP contribution in [0.15, 0.2) is 42.5 Å². The molecule has 4 nitrogen and oxygen atoms in total. The van der Waals surface area contributed by atoms with Gasteiger partial charge in [0.05, 0.1) is 4.92 Å². The van der Waals surface area contributed by atoms with Gasteiger partial charge in [0.1, 0.15) is 0 Å². The fourth-order valence-electron chi connectivity index (χ4n) is 4.54. The lowest BCUT2D eigenvalue weighted by Gasteiger charge is -2.34. The van der Waals surface area contributed by atoms with E-state index < -0.39 is 0 Å². The van der Waals surface area contributed by atoms with E-state index in [1.807, 2.05) is 12.1 Å². The van der Waals surface area contributed by atoms with E-state index in [-0.39, 0.29) is 10.6 Å². The molecule has 1 aliphatic carbocycles. The lowest BCUT2D eigenvalue weighted by molar-refractivity contribution is -0.384. The van der Waals surface area contributed by atoms with Gasteiger partial charge in [0.2, 0.25) is 0 Å². The number of hydrogen-bond donors (Lipinski definition) is 0. The maximum atomic E-state index is 10.8. The van der Waals surface area contributed by atoms with Crippen molar-refractivity contribution in [2.24, 2.45) is 5.92 Å². The molecule has 0 spiro atoms. The molecular formula is C22H26N2O2. The first kappa shape index (κ1) is 17.1. The number of anilines is 1. The zero-order valence-electron chi connectivity index (χ0n) is 15.2. The summed E-state index contributed by atoms with van der Waals surface area (Å²) in [5.74, 6) is 0.748. The van der Waals surface area contributed by atoms with Gasteiger partial charge in [-0.2, -0.15) is 0 Å². The molecule has 2 aromatic carbocycles. The largest absolute Gasteiger partial charge is 0.372 e. The van der Waals surface area contributed by atoms with Gasteiger partial charge in [-0.3, -0.25) is 10.1 Å². The Kier molecular flexibility index (Phi) is 4.91. The second-order valence-electron chi connectivity index (χ2n) is 7.67. The first-order chi connectivity index (χ1) is 12.7. The Bertz CT molecular complexity index is 777. The first-order valence-corrected chi connectivity index (χ1v) is 9.80. The molecule has 2 aromatic rings. The fourth-order valence-corrected chi connectivity index (χ4v) is 4.54. The van der Waals surface area contributed by atoms with Crippen molar-refractivity contribution in [3.63, 3.8) is 0 Å². The van der Waals surface area contributed by atoms with Crippen molar-refractivity contribution in [3.05, 3.63) is 69.3 Å². The summed E-state index contributed by atoms with van der Waals surface area (Å²) in [5.41, 5.74) is 6.06. The number of nitro groups is 1. The summed E-state index contributed by atoms with van der Waals surface area (Å²) >= 11 is 0. The van der Waals surface area contributed by atoms with Gasteiger partial charge in [-0.25, -0.2) is 0 Å². The highest BCUT2D eigenvalue weighted by Crippen LogP contribution is 2.30. The van der Waals surface area contributed by atoms with E-state index in [0.717, 1.165) is 24.7 Å². The van der Waals surface area contributed by atoms with Crippen LogP contribution < -0.4 is 4.90 Å². The van der Waals surface area contributed by atoms with Crippen molar-refractivity contribution in [1.82, 2.24) is 0 Å². The Hall–Kier alpha value is -2.36. The highest BCUT2D eigenvalue weighted by atomic mass is 16.6. The third kappa shape index (κ3) is 3.59. The Labute approximate surface area is 155 Å². The number of piperidine rings is 1. The van der Waals surface area contributed by atoms with Crippen LogP contribution >= 0.6 is 0 Å². The monoisotopic (exact) mass is 350 g/mol. The molecule has 4 rings (SSSR count). The van der Waals surface area contributed by atoms with Crippen molar-refractivity contribution < 1.29 is 4.92 Å². The topological polar surface area (TPSA) is 46.4 Å². The molecule has 0 bridgehead atoms. The normalized spacial score (nSPS) is 17.8. The maximum Gasteiger partial charge on any atom is 0.269 e. The Morgan fingerprint density at radius 2 is 1.73 bits per heavy atom. The molecule has 1 aliphatic heterocycles. The number of benzene rings is 2. The third-order valence-corrected chi connectivity index (χ3v) is 6.04. The van der Waals surface area contributed by atoms with Gasteiger partial charge in [0.25, 0.3) is 5.69 Å². The van der Waals surface area contributed by atoms with E-state index in [2.05, 4.69) is 23.1 Å². The van der Waals surface area contributed by atoms with Gasteiger partial charge in [-0.15, -0.1) is 0 Å². The molecule has 0 aromatic heterocycles. The lowest BCUT2D eigenvalue weighted by atomic mass is 9.83. The first-order valence-electron chi connectivity index (χ1n) is 9.80. The van der Waals surface area contributed by atoms with E-state index in [9.17, 15) is 10.1 Å². The van der Waals surface area contributed by atoms with Crippen LogP contribution in [0, 0.1) is 16.0 Å². The van der Waals surface area contributed by atoms with Gasteiger partial charge in [-0.05, 0) is 79.7 Å². The van der Waals surface area contributed by atoms with Crippen molar-refractivity contribution in [2.75, 3.05) is 18.0 Å². The number of aryl methyl sites for hydroxylation is 1. The summed E-state index contributed by atoms with van der Waals surface area (Å²) in [7, 11) is 0. The van der Waals surface area contributed by atoms with Crippen molar-refractivity contribution >= 4 is 11.4 Å². The van der Waals surface area contributed by atoms with E-state index in [4.69, 9.17) is 0 Å². The van der Waals surface area contributed by atoms with Crippen LogP contribution in [-0.4, -0.2) is 18.0 Å². The quantitative estimate of drug-likeness (QED) is 0.580. The number of rotatable bonds is 4. The fraction of sp³-hybridized carbons (Fsp3) is 0.455. The Morgan fingerprint density at radius 3 is 2.46 bits per heavy atom. The van der Waals surface area contributed by atoms with Crippen LogP contribution in [0.25, 0.3) is 0 Å². The maximum absolute atomic E-state index is 10.8. The Morgan fingerprint density at radius 1 is 1.00 bits per heavy atom. The lowest BCUT2D eigenvalue weighted by Crippen LogP contribution is -2.34. The predicted molar refractivity (Wildman–Crippen MR) is 105 cm³/mol. The van der Waals surface area contributed by atoms with Crippen LogP contribution in [0.4, 0.5) is 11.4 Å². The number of non-ortho nitro benzene ring substituents is 1. The summed E-state index contributed by atoms with van der Waals surface area (Å²) in [6, 6.07) is 13.9. The van der Waals surface area contributed by atoms with Crippen LogP contribution in [0.5, 0.6) is 0 Å². The van der Waals surface area contributed by atoms with Gasteiger partial charge < -0.3 is 4.90 Å². The minimum atomic E-state index is -0.337.